The number of hydrogen-bond donors (Lipinski definition) is 1. The van der Waals surface area contributed by atoms with Crippen LogP contribution in [0.1, 0.15) is 16.3 Å². The SMILES string of the molecule is Nc1nc2c(s1)CCN(CC#Cc1ccc(Cl)cn1)CC2. The number of nitrogen functional groups attached to an aromatic ring is 1. The maximum Gasteiger partial charge on any atom is 0.180 e. The van der Waals surface area contributed by atoms with Crippen molar-refractivity contribution < 1.29 is 0 Å². The number of hydrogen-bond acceptors (Lipinski definition) is 5. The van der Waals surface area contributed by atoms with Gasteiger partial charge in [0.05, 0.1) is 17.3 Å². The van der Waals surface area contributed by atoms with Crippen molar-refractivity contribution in [1.82, 2.24) is 14.9 Å². The molecule has 2 aromatic heterocycles. The van der Waals surface area contributed by atoms with Crippen molar-refractivity contribution in [1.29, 1.82) is 0 Å². The molecule has 2 N–H and O–H groups in total. The predicted octanol–water partition coefficient (Wildman–Crippen LogP) is 2.23. The van der Waals surface area contributed by atoms with Crippen LogP contribution >= 0.6 is 22.9 Å². The number of thiazole rings is 1. The lowest BCUT2D eigenvalue weighted by molar-refractivity contribution is 0.323. The van der Waals surface area contributed by atoms with Gasteiger partial charge < -0.3 is 5.73 Å². The Labute approximate surface area is 133 Å². The molecule has 108 valence electrons. The van der Waals surface area contributed by atoms with Crippen LogP contribution < -0.4 is 5.73 Å². The fraction of sp³-hybridized carbons (Fsp3) is 0.333. The van der Waals surface area contributed by atoms with Gasteiger partial charge in [0, 0.05) is 30.6 Å². The Kier molecular flexibility index (Phi) is 4.39. The predicted molar refractivity (Wildman–Crippen MR) is 86.5 cm³/mol. The van der Waals surface area contributed by atoms with Crippen LogP contribution in [0.15, 0.2) is 18.3 Å². The minimum atomic E-state index is 0.631. The molecule has 3 rings (SSSR count). The van der Waals surface area contributed by atoms with Crippen LogP contribution in [0.2, 0.25) is 5.02 Å². The molecule has 0 bridgehead atoms. The highest BCUT2D eigenvalue weighted by atomic mass is 35.5. The molecule has 0 radical (unpaired) electrons. The van der Waals surface area contributed by atoms with Crippen molar-refractivity contribution >= 4 is 28.1 Å². The van der Waals surface area contributed by atoms with E-state index >= 15 is 0 Å². The largest absolute Gasteiger partial charge is 0.375 e. The van der Waals surface area contributed by atoms with E-state index in [0.29, 0.717) is 10.2 Å². The second-order valence-electron chi connectivity index (χ2n) is 4.86. The Morgan fingerprint density at radius 2 is 2.19 bits per heavy atom. The molecule has 0 aliphatic carbocycles. The minimum Gasteiger partial charge on any atom is -0.375 e. The molecule has 3 heterocycles. The molecule has 0 saturated heterocycles. The standard InChI is InChI=1S/C15H15ClN4S/c16-11-3-4-12(18-10-11)2-1-7-20-8-5-13-14(6-9-20)21-15(17)19-13/h3-4,10H,5-9H2,(H2,17,19). The molecule has 4 nitrogen and oxygen atoms in total. The summed E-state index contributed by atoms with van der Waals surface area (Å²) in [4.78, 5) is 12.2. The van der Waals surface area contributed by atoms with Crippen LogP contribution in [0.5, 0.6) is 0 Å². The maximum absolute atomic E-state index is 5.80. The zero-order valence-electron chi connectivity index (χ0n) is 11.5. The first-order chi connectivity index (χ1) is 10.2. The molecule has 0 aromatic carbocycles. The summed E-state index contributed by atoms with van der Waals surface area (Å²) in [6.45, 7) is 2.71. The van der Waals surface area contributed by atoms with E-state index in [1.165, 1.54) is 4.88 Å². The Morgan fingerprint density at radius 3 is 3.00 bits per heavy atom. The minimum absolute atomic E-state index is 0.631. The van der Waals surface area contributed by atoms with E-state index in [4.69, 9.17) is 17.3 Å². The number of nitrogens with two attached hydrogens (primary N) is 1. The molecule has 1 aliphatic rings. The maximum atomic E-state index is 5.80. The Bertz CT molecular complexity index is 658. The van der Waals surface area contributed by atoms with Crippen molar-refractivity contribution in [2.45, 2.75) is 12.8 Å². The Hall–Kier alpha value is -1.61. The summed E-state index contributed by atoms with van der Waals surface area (Å²) in [5.74, 6) is 6.25. The number of nitrogens with zero attached hydrogens (tertiary/aromatic N) is 3. The molecule has 0 atom stereocenters. The molecular formula is C15H15ClN4S. The van der Waals surface area contributed by atoms with E-state index in [0.717, 1.165) is 43.9 Å². The second kappa shape index (κ2) is 6.44. The molecule has 6 heteroatoms. The van der Waals surface area contributed by atoms with Gasteiger partial charge in [-0.05, 0) is 24.5 Å². The summed E-state index contributed by atoms with van der Waals surface area (Å²) in [6, 6.07) is 3.64. The van der Waals surface area contributed by atoms with Gasteiger partial charge in [0.2, 0.25) is 0 Å². The normalized spacial score (nSPS) is 14.9. The zero-order valence-corrected chi connectivity index (χ0v) is 13.0. The third-order valence-electron chi connectivity index (χ3n) is 3.36. The monoisotopic (exact) mass is 318 g/mol. The van der Waals surface area contributed by atoms with Crippen LogP contribution in [0.4, 0.5) is 5.13 Å². The van der Waals surface area contributed by atoms with Crippen molar-refractivity contribution in [3.05, 3.63) is 39.6 Å². The number of pyridine rings is 1. The van der Waals surface area contributed by atoms with Gasteiger partial charge in [-0.3, -0.25) is 4.90 Å². The van der Waals surface area contributed by atoms with Crippen LogP contribution in [0, 0.1) is 11.8 Å². The van der Waals surface area contributed by atoms with Crippen molar-refractivity contribution in [2.24, 2.45) is 0 Å². The highest BCUT2D eigenvalue weighted by Crippen LogP contribution is 2.23. The fourth-order valence-electron chi connectivity index (χ4n) is 2.28. The number of rotatable bonds is 1. The van der Waals surface area contributed by atoms with Crippen LogP contribution in [-0.2, 0) is 12.8 Å². The van der Waals surface area contributed by atoms with E-state index in [2.05, 4.69) is 26.7 Å². The van der Waals surface area contributed by atoms with Gasteiger partial charge in [-0.15, -0.1) is 11.3 Å². The lowest BCUT2D eigenvalue weighted by atomic mass is 10.2. The molecule has 0 spiro atoms. The molecule has 1 aliphatic heterocycles. The van der Waals surface area contributed by atoms with E-state index < -0.39 is 0 Å². The van der Waals surface area contributed by atoms with E-state index in [-0.39, 0.29) is 0 Å². The highest BCUT2D eigenvalue weighted by molar-refractivity contribution is 7.15. The summed E-state index contributed by atoms with van der Waals surface area (Å²) in [5, 5.41) is 1.31. The third kappa shape index (κ3) is 3.73. The van der Waals surface area contributed by atoms with E-state index in [9.17, 15) is 0 Å². The average molecular weight is 319 g/mol. The Morgan fingerprint density at radius 1 is 1.33 bits per heavy atom. The van der Waals surface area contributed by atoms with Gasteiger partial charge in [-0.1, -0.05) is 17.5 Å². The molecule has 0 saturated carbocycles. The summed E-state index contributed by atoms with van der Waals surface area (Å²) in [7, 11) is 0. The second-order valence-corrected chi connectivity index (χ2v) is 6.41. The smallest absolute Gasteiger partial charge is 0.180 e. The van der Waals surface area contributed by atoms with Gasteiger partial charge >= 0.3 is 0 Å². The summed E-state index contributed by atoms with van der Waals surface area (Å²) < 4.78 is 0. The average Bonchev–Trinajstić information content (AvgIpc) is 2.73. The van der Waals surface area contributed by atoms with Crippen molar-refractivity contribution in [3.63, 3.8) is 0 Å². The van der Waals surface area contributed by atoms with Crippen molar-refractivity contribution in [3.8, 4) is 11.8 Å². The molecule has 21 heavy (non-hydrogen) atoms. The number of anilines is 1. The number of fused-ring (bicyclic) bond motifs is 1. The molecule has 0 amide bonds. The first kappa shape index (κ1) is 14.3. The first-order valence-corrected chi connectivity index (χ1v) is 7.97. The lowest BCUT2D eigenvalue weighted by Gasteiger charge is -2.15. The summed E-state index contributed by atoms with van der Waals surface area (Å²) in [5.41, 5.74) is 7.67. The zero-order chi connectivity index (χ0) is 14.7. The third-order valence-corrected chi connectivity index (χ3v) is 4.57. The summed E-state index contributed by atoms with van der Waals surface area (Å²) in [6.07, 6.45) is 3.57. The molecule has 0 unspecified atom stereocenters. The van der Waals surface area contributed by atoms with Gasteiger partial charge in [-0.25, -0.2) is 9.97 Å². The first-order valence-electron chi connectivity index (χ1n) is 6.77. The topological polar surface area (TPSA) is 55.0 Å². The molecule has 2 aromatic rings. The van der Waals surface area contributed by atoms with Crippen molar-refractivity contribution in [2.75, 3.05) is 25.4 Å². The summed E-state index contributed by atoms with van der Waals surface area (Å²) >= 11 is 7.41. The number of halogens is 1. The van der Waals surface area contributed by atoms with Crippen LogP contribution in [-0.4, -0.2) is 34.5 Å². The lowest BCUT2D eigenvalue weighted by Crippen LogP contribution is -2.26. The quantitative estimate of drug-likeness (QED) is 0.819. The van der Waals surface area contributed by atoms with Crippen LogP contribution in [0.25, 0.3) is 0 Å². The van der Waals surface area contributed by atoms with Gasteiger partial charge in [-0.2, -0.15) is 0 Å². The van der Waals surface area contributed by atoms with Gasteiger partial charge in [0.1, 0.15) is 5.69 Å². The van der Waals surface area contributed by atoms with E-state index in [1.807, 2.05) is 6.07 Å². The Balaban J connectivity index is 1.58. The van der Waals surface area contributed by atoms with E-state index in [1.54, 1.807) is 23.6 Å². The number of aromatic nitrogens is 2. The van der Waals surface area contributed by atoms with Crippen LogP contribution in [0.3, 0.4) is 0 Å². The fourth-order valence-corrected chi connectivity index (χ4v) is 3.26. The van der Waals surface area contributed by atoms with Gasteiger partial charge in [0.15, 0.2) is 5.13 Å². The molecular weight excluding hydrogens is 304 g/mol. The molecule has 0 fully saturated rings. The van der Waals surface area contributed by atoms with Gasteiger partial charge in [0.25, 0.3) is 0 Å². The highest BCUT2D eigenvalue weighted by Gasteiger charge is 2.16.